The average molecular weight is 471 g/mol. The number of benzene rings is 3. The van der Waals surface area contributed by atoms with Crippen molar-refractivity contribution < 1.29 is 9.59 Å². The van der Waals surface area contributed by atoms with Crippen molar-refractivity contribution in [1.82, 2.24) is 4.90 Å². The average Bonchev–Trinajstić information content (AvgIpc) is 2.88. The smallest absolute Gasteiger partial charge is 0.257 e. The lowest BCUT2D eigenvalue weighted by Gasteiger charge is -2.34. The third-order valence-electron chi connectivity index (χ3n) is 5.43. The van der Waals surface area contributed by atoms with Gasteiger partial charge in [-0.05, 0) is 66.8 Å². The molecular formula is C24H20Cl2N2O2S. The maximum absolute atomic E-state index is 13.9. The summed E-state index contributed by atoms with van der Waals surface area (Å²) in [6, 6.07) is 18.7. The number of amides is 2. The number of thioether (sulfide) groups is 1. The third-order valence-corrected chi connectivity index (χ3v) is 6.66. The molecular weight excluding hydrogens is 451 g/mol. The SMILES string of the molecule is CSc1ccc2c(c1)C(=O)N([C@H](C)c1ccc(Cl)cc1)[C@H](c1ccc(Cl)cc1)C(=O)N2. The number of carbonyl (C=O) groups is 2. The molecule has 1 N–H and O–H groups in total. The van der Waals surface area contributed by atoms with E-state index in [9.17, 15) is 9.59 Å². The normalized spacial score (nSPS) is 17.0. The maximum atomic E-state index is 13.9. The number of hydrogen-bond acceptors (Lipinski definition) is 3. The zero-order chi connectivity index (χ0) is 22.1. The molecule has 2 amide bonds. The highest BCUT2D eigenvalue weighted by Gasteiger charge is 2.39. The summed E-state index contributed by atoms with van der Waals surface area (Å²) in [4.78, 5) is 29.8. The molecule has 3 aromatic rings. The molecule has 0 saturated heterocycles. The second-order valence-corrected chi connectivity index (χ2v) is 9.05. The number of fused-ring (bicyclic) bond motifs is 1. The summed E-state index contributed by atoms with van der Waals surface area (Å²) in [5.41, 5.74) is 2.55. The predicted octanol–water partition coefficient (Wildman–Crippen LogP) is 6.61. The summed E-state index contributed by atoms with van der Waals surface area (Å²) in [6.07, 6.45) is 1.95. The first-order valence-corrected chi connectivity index (χ1v) is 11.7. The summed E-state index contributed by atoms with van der Waals surface area (Å²) in [5, 5.41) is 4.12. The van der Waals surface area contributed by atoms with E-state index < -0.39 is 6.04 Å². The van der Waals surface area contributed by atoms with Crippen LogP contribution in [0, 0.1) is 0 Å². The van der Waals surface area contributed by atoms with E-state index in [1.54, 1.807) is 59.1 Å². The van der Waals surface area contributed by atoms with Crippen molar-refractivity contribution in [3.8, 4) is 0 Å². The number of anilines is 1. The van der Waals surface area contributed by atoms with Crippen LogP contribution in [0.15, 0.2) is 71.6 Å². The molecule has 0 bridgehead atoms. The highest BCUT2D eigenvalue weighted by atomic mass is 35.5. The van der Waals surface area contributed by atoms with E-state index in [1.807, 2.05) is 37.4 Å². The quantitative estimate of drug-likeness (QED) is 0.436. The van der Waals surface area contributed by atoms with Crippen molar-refractivity contribution in [1.29, 1.82) is 0 Å². The van der Waals surface area contributed by atoms with Crippen LogP contribution in [0.3, 0.4) is 0 Å². The standard InChI is InChI=1S/C24H20Cl2N2O2S/c1-14(15-3-7-17(25)8-4-15)28-22(16-5-9-18(26)10-6-16)23(29)27-21-12-11-19(31-2)13-20(21)24(28)30/h3-14,22H,1-2H3,(H,27,29)/t14-,22-/m1/s1. The topological polar surface area (TPSA) is 49.4 Å². The first kappa shape index (κ1) is 21.8. The van der Waals surface area contributed by atoms with E-state index in [-0.39, 0.29) is 17.9 Å². The molecule has 0 aromatic heterocycles. The molecule has 31 heavy (non-hydrogen) atoms. The Morgan fingerprint density at radius 2 is 1.55 bits per heavy atom. The Labute approximate surface area is 195 Å². The maximum Gasteiger partial charge on any atom is 0.257 e. The Bertz CT molecular complexity index is 1130. The number of nitrogens with one attached hydrogen (secondary N) is 1. The highest BCUT2D eigenvalue weighted by molar-refractivity contribution is 7.98. The van der Waals surface area contributed by atoms with Gasteiger partial charge in [0.25, 0.3) is 11.8 Å². The zero-order valence-corrected chi connectivity index (χ0v) is 19.3. The van der Waals surface area contributed by atoms with Gasteiger partial charge in [0.15, 0.2) is 0 Å². The lowest BCUT2D eigenvalue weighted by Crippen LogP contribution is -2.40. The first-order valence-electron chi connectivity index (χ1n) is 9.71. The van der Waals surface area contributed by atoms with Crippen LogP contribution in [0.4, 0.5) is 5.69 Å². The van der Waals surface area contributed by atoms with Crippen LogP contribution in [0.2, 0.25) is 10.0 Å². The van der Waals surface area contributed by atoms with Gasteiger partial charge in [-0.3, -0.25) is 9.59 Å². The van der Waals surface area contributed by atoms with Crippen LogP contribution in [-0.4, -0.2) is 23.0 Å². The zero-order valence-electron chi connectivity index (χ0n) is 16.9. The van der Waals surface area contributed by atoms with Gasteiger partial charge in [-0.15, -0.1) is 11.8 Å². The van der Waals surface area contributed by atoms with Crippen LogP contribution in [0.1, 0.15) is 40.5 Å². The minimum absolute atomic E-state index is 0.216. The van der Waals surface area contributed by atoms with Crippen LogP contribution < -0.4 is 5.32 Å². The first-order chi connectivity index (χ1) is 14.9. The molecule has 0 radical (unpaired) electrons. The molecule has 4 nitrogen and oxygen atoms in total. The lowest BCUT2D eigenvalue weighted by atomic mass is 9.99. The fourth-order valence-corrected chi connectivity index (χ4v) is 4.47. The van der Waals surface area contributed by atoms with Gasteiger partial charge in [-0.1, -0.05) is 47.5 Å². The number of hydrogen-bond donors (Lipinski definition) is 1. The van der Waals surface area contributed by atoms with E-state index in [0.29, 0.717) is 26.9 Å². The third kappa shape index (κ3) is 4.31. The van der Waals surface area contributed by atoms with Crippen molar-refractivity contribution in [2.24, 2.45) is 0 Å². The van der Waals surface area contributed by atoms with Gasteiger partial charge in [-0.25, -0.2) is 0 Å². The highest BCUT2D eigenvalue weighted by Crippen LogP contribution is 2.38. The Balaban J connectivity index is 1.88. The Hall–Kier alpha value is -2.47. The van der Waals surface area contributed by atoms with E-state index in [0.717, 1.165) is 10.5 Å². The largest absolute Gasteiger partial charge is 0.323 e. The fourth-order valence-electron chi connectivity index (χ4n) is 3.78. The summed E-state index contributed by atoms with van der Waals surface area (Å²) >= 11 is 13.7. The minimum Gasteiger partial charge on any atom is -0.323 e. The molecule has 0 aliphatic carbocycles. The van der Waals surface area contributed by atoms with Gasteiger partial charge < -0.3 is 10.2 Å². The number of nitrogens with zero attached hydrogens (tertiary/aromatic N) is 1. The van der Waals surface area contributed by atoms with Gasteiger partial charge in [0.2, 0.25) is 0 Å². The fraction of sp³-hybridized carbons (Fsp3) is 0.167. The Morgan fingerprint density at radius 3 is 2.16 bits per heavy atom. The van der Waals surface area contributed by atoms with E-state index in [2.05, 4.69) is 5.32 Å². The monoisotopic (exact) mass is 470 g/mol. The number of halogens is 2. The number of carbonyl (C=O) groups excluding carboxylic acids is 2. The van der Waals surface area contributed by atoms with Crippen LogP contribution in [0.25, 0.3) is 0 Å². The summed E-state index contributed by atoms with van der Waals surface area (Å²) in [5.74, 6) is -0.487. The van der Waals surface area contributed by atoms with Crippen molar-refractivity contribution in [3.05, 3.63) is 93.5 Å². The lowest BCUT2D eigenvalue weighted by molar-refractivity contribution is -0.121. The molecule has 0 saturated carbocycles. The predicted molar refractivity (Wildman–Crippen MR) is 127 cm³/mol. The summed E-state index contributed by atoms with van der Waals surface area (Å²) in [7, 11) is 0. The van der Waals surface area contributed by atoms with Gasteiger partial charge in [0, 0.05) is 14.9 Å². The molecule has 0 fully saturated rings. The minimum atomic E-state index is -0.819. The van der Waals surface area contributed by atoms with Gasteiger partial charge in [-0.2, -0.15) is 0 Å². The van der Waals surface area contributed by atoms with Crippen molar-refractivity contribution in [2.45, 2.75) is 23.9 Å². The number of rotatable bonds is 4. The second-order valence-electron chi connectivity index (χ2n) is 7.29. The molecule has 2 atom stereocenters. The molecule has 3 aromatic carbocycles. The molecule has 7 heteroatoms. The summed E-state index contributed by atoms with van der Waals surface area (Å²) < 4.78 is 0. The van der Waals surface area contributed by atoms with Gasteiger partial charge in [0.1, 0.15) is 6.04 Å². The second kappa shape index (κ2) is 8.95. The summed E-state index contributed by atoms with van der Waals surface area (Å²) in [6.45, 7) is 1.92. The van der Waals surface area contributed by atoms with E-state index >= 15 is 0 Å². The molecule has 1 aliphatic rings. The van der Waals surface area contributed by atoms with E-state index in [1.165, 1.54) is 0 Å². The van der Waals surface area contributed by atoms with Crippen LogP contribution in [-0.2, 0) is 4.79 Å². The molecule has 158 valence electrons. The van der Waals surface area contributed by atoms with Crippen molar-refractivity contribution in [2.75, 3.05) is 11.6 Å². The molecule has 4 rings (SSSR count). The molecule has 1 aliphatic heterocycles. The van der Waals surface area contributed by atoms with Gasteiger partial charge in [0.05, 0.1) is 17.3 Å². The molecule has 1 heterocycles. The van der Waals surface area contributed by atoms with Crippen LogP contribution >= 0.6 is 35.0 Å². The van der Waals surface area contributed by atoms with Crippen LogP contribution in [0.5, 0.6) is 0 Å². The van der Waals surface area contributed by atoms with E-state index in [4.69, 9.17) is 23.2 Å². The van der Waals surface area contributed by atoms with Crippen molar-refractivity contribution >= 4 is 52.5 Å². The molecule has 0 spiro atoms. The van der Waals surface area contributed by atoms with Gasteiger partial charge >= 0.3 is 0 Å². The Morgan fingerprint density at radius 1 is 0.935 bits per heavy atom. The Kier molecular flexibility index (Phi) is 6.28. The molecule has 0 unspecified atom stereocenters. The van der Waals surface area contributed by atoms with Crippen molar-refractivity contribution in [3.63, 3.8) is 0 Å².